The summed E-state index contributed by atoms with van der Waals surface area (Å²) >= 11 is 0. The molecular formula is C12H23NO. The number of ether oxygens (including phenoxy) is 1. The minimum absolute atomic E-state index is 0.0571. The summed E-state index contributed by atoms with van der Waals surface area (Å²) in [6.45, 7) is 7.86. The highest BCUT2D eigenvalue weighted by atomic mass is 16.5. The normalized spacial score (nSPS) is 34.1. The lowest BCUT2D eigenvalue weighted by Gasteiger charge is -2.56. The van der Waals surface area contributed by atoms with Crippen molar-refractivity contribution in [3.8, 4) is 0 Å². The van der Waals surface area contributed by atoms with E-state index in [-0.39, 0.29) is 5.72 Å². The van der Waals surface area contributed by atoms with E-state index in [1.165, 1.54) is 32.1 Å². The molecule has 2 aliphatic rings. The first-order valence-electron chi connectivity index (χ1n) is 5.97. The van der Waals surface area contributed by atoms with Crippen molar-refractivity contribution in [2.24, 2.45) is 5.41 Å². The van der Waals surface area contributed by atoms with Crippen molar-refractivity contribution in [1.82, 2.24) is 5.32 Å². The van der Waals surface area contributed by atoms with Gasteiger partial charge in [-0.1, -0.05) is 27.2 Å². The Bertz CT molecular complexity index is 202. The van der Waals surface area contributed by atoms with Crippen LogP contribution in [0.25, 0.3) is 0 Å². The zero-order chi connectivity index (χ0) is 10.2. The lowest BCUT2D eigenvalue weighted by Crippen LogP contribution is -2.65. The number of rotatable bonds is 2. The topological polar surface area (TPSA) is 21.3 Å². The summed E-state index contributed by atoms with van der Waals surface area (Å²) in [5.41, 5.74) is 0.544. The van der Waals surface area contributed by atoms with E-state index in [9.17, 15) is 0 Å². The Morgan fingerprint density at radius 1 is 1.36 bits per heavy atom. The smallest absolute Gasteiger partial charge is 0.120 e. The molecule has 2 heteroatoms. The van der Waals surface area contributed by atoms with Crippen LogP contribution in [0, 0.1) is 5.41 Å². The molecule has 0 radical (unpaired) electrons. The molecule has 1 aliphatic carbocycles. The molecule has 0 aromatic carbocycles. The molecule has 2 nitrogen and oxygen atoms in total. The van der Waals surface area contributed by atoms with Gasteiger partial charge in [0, 0.05) is 6.04 Å². The monoisotopic (exact) mass is 197 g/mol. The van der Waals surface area contributed by atoms with E-state index in [4.69, 9.17) is 4.74 Å². The van der Waals surface area contributed by atoms with Crippen LogP contribution in [0.15, 0.2) is 0 Å². The van der Waals surface area contributed by atoms with Gasteiger partial charge in [0.25, 0.3) is 0 Å². The van der Waals surface area contributed by atoms with Gasteiger partial charge in [-0.15, -0.1) is 0 Å². The molecule has 1 N–H and O–H groups in total. The predicted octanol–water partition coefficient (Wildman–Crippen LogP) is 2.68. The van der Waals surface area contributed by atoms with Gasteiger partial charge < -0.3 is 4.74 Å². The van der Waals surface area contributed by atoms with Gasteiger partial charge in [0.15, 0.2) is 0 Å². The molecule has 1 spiro atoms. The molecule has 1 saturated carbocycles. The van der Waals surface area contributed by atoms with E-state index in [1.54, 1.807) is 0 Å². The van der Waals surface area contributed by atoms with Crippen LogP contribution in [0.1, 0.15) is 52.9 Å². The van der Waals surface area contributed by atoms with E-state index in [0.717, 1.165) is 6.61 Å². The summed E-state index contributed by atoms with van der Waals surface area (Å²) in [6, 6.07) is 0.699. The van der Waals surface area contributed by atoms with Crippen LogP contribution in [0.3, 0.4) is 0 Å². The van der Waals surface area contributed by atoms with Gasteiger partial charge in [0.2, 0.25) is 0 Å². The summed E-state index contributed by atoms with van der Waals surface area (Å²) in [7, 11) is 0. The van der Waals surface area contributed by atoms with Crippen LogP contribution < -0.4 is 5.32 Å². The summed E-state index contributed by atoms with van der Waals surface area (Å²) in [6.07, 6.45) is 6.12. The van der Waals surface area contributed by atoms with Gasteiger partial charge in [-0.05, 0) is 31.1 Å². The first-order chi connectivity index (χ1) is 6.55. The third kappa shape index (κ3) is 1.96. The molecule has 1 aliphatic heterocycles. The average molecular weight is 197 g/mol. The van der Waals surface area contributed by atoms with Gasteiger partial charge in [-0.2, -0.15) is 0 Å². The quantitative estimate of drug-likeness (QED) is 0.735. The Labute approximate surface area is 87.4 Å². The van der Waals surface area contributed by atoms with Crippen LogP contribution in [-0.4, -0.2) is 18.4 Å². The van der Waals surface area contributed by atoms with Gasteiger partial charge in [-0.3, -0.25) is 5.32 Å². The largest absolute Gasteiger partial charge is 0.361 e. The maximum atomic E-state index is 5.90. The van der Waals surface area contributed by atoms with E-state index in [2.05, 4.69) is 26.1 Å². The lowest BCUT2D eigenvalue weighted by atomic mass is 9.65. The zero-order valence-corrected chi connectivity index (χ0v) is 9.73. The Kier molecular flexibility index (Phi) is 2.61. The van der Waals surface area contributed by atoms with Crippen molar-refractivity contribution in [1.29, 1.82) is 0 Å². The van der Waals surface area contributed by atoms with Crippen molar-refractivity contribution >= 4 is 0 Å². The molecule has 1 saturated heterocycles. The SMILES string of the molecule is CCCC1CCOC2(CC(C)(C)C2)N1. The fraction of sp³-hybridized carbons (Fsp3) is 1.00. The van der Waals surface area contributed by atoms with Crippen molar-refractivity contribution < 1.29 is 4.74 Å². The van der Waals surface area contributed by atoms with Gasteiger partial charge in [0.1, 0.15) is 5.72 Å². The number of nitrogens with one attached hydrogen (secondary N) is 1. The molecule has 82 valence electrons. The number of hydrogen-bond acceptors (Lipinski definition) is 2. The maximum absolute atomic E-state index is 5.90. The molecule has 1 unspecified atom stereocenters. The van der Waals surface area contributed by atoms with E-state index >= 15 is 0 Å². The fourth-order valence-electron chi connectivity index (χ4n) is 3.15. The second-order valence-corrected chi connectivity index (χ2v) is 5.78. The van der Waals surface area contributed by atoms with Crippen LogP contribution in [-0.2, 0) is 4.74 Å². The van der Waals surface area contributed by atoms with Crippen LogP contribution >= 0.6 is 0 Å². The third-order valence-electron chi connectivity index (χ3n) is 3.48. The molecule has 1 atom stereocenters. The minimum atomic E-state index is 0.0571. The average Bonchev–Trinajstić information content (AvgIpc) is 2.01. The number of hydrogen-bond donors (Lipinski definition) is 1. The Hall–Kier alpha value is -0.0800. The molecule has 0 bridgehead atoms. The summed E-state index contributed by atoms with van der Waals surface area (Å²) in [4.78, 5) is 0. The predicted molar refractivity (Wildman–Crippen MR) is 58.1 cm³/mol. The standard InChI is InChI=1S/C12H23NO/c1-4-5-10-6-7-14-12(13-10)8-11(2,3)9-12/h10,13H,4-9H2,1-3H3. The Morgan fingerprint density at radius 3 is 2.64 bits per heavy atom. The first-order valence-corrected chi connectivity index (χ1v) is 5.97. The molecule has 0 amide bonds. The third-order valence-corrected chi connectivity index (χ3v) is 3.48. The molecule has 14 heavy (non-hydrogen) atoms. The Morgan fingerprint density at radius 2 is 2.07 bits per heavy atom. The van der Waals surface area contributed by atoms with Gasteiger partial charge in [0.05, 0.1) is 6.61 Å². The second kappa shape index (κ2) is 3.49. The van der Waals surface area contributed by atoms with Gasteiger partial charge in [-0.25, -0.2) is 0 Å². The molecule has 0 aromatic heterocycles. The van der Waals surface area contributed by atoms with Crippen LogP contribution in [0.5, 0.6) is 0 Å². The van der Waals surface area contributed by atoms with Crippen molar-refractivity contribution in [2.75, 3.05) is 6.61 Å². The van der Waals surface area contributed by atoms with Gasteiger partial charge >= 0.3 is 0 Å². The second-order valence-electron chi connectivity index (χ2n) is 5.78. The van der Waals surface area contributed by atoms with E-state index in [1.807, 2.05) is 0 Å². The van der Waals surface area contributed by atoms with Crippen molar-refractivity contribution in [3.05, 3.63) is 0 Å². The van der Waals surface area contributed by atoms with Crippen LogP contribution in [0.2, 0.25) is 0 Å². The fourth-order valence-corrected chi connectivity index (χ4v) is 3.15. The van der Waals surface area contributed by atoms with E-state index in [0.29, 0.717) is 11.5 Å². The highest BCUT2D eigenvalue weighted by Gasteiger charge is 2.52. The van der Waals surface area contributed by atoms with Crippen LogP contribution in [0.4, 0.5) is 0 Å². The molecule has 1 heterocycles. The summed E-state index contributed by atoms with van der Waals surface area (Å²) in [5.74, 6) is 0. The highest BCUT2D eigenvalue weighted by molar-refractivity contribution is 5.02. The van der Waals surface area contributed by atoms with Crippen molar-refractivity contribution in [3.63, 3.8) is 0 Å². The zero-order valence-electron chi connectivity index (χ0n) is 9.73. The highest BCUT2D eigenvalue weighted by Crippen LogP contribution is 2.49. The molecule has 2 fully saturated rings. The molecule has 0 aromatic rings. The maximum Gasteiger partial charge on any atom is 0.120 e. The molecular weight excluding hydrogens is 174 g/mol. The minimum Gasteiger partial charge on any atom is -0.361 e. The Balaban J connectivity index is 1.89. The first kappa shape index (κ1) is 10.4. The van der Waals surface area contributed by atoms with Crippen molar-refractivity contribution in [2.45, 2.75) is 64.6 Å². The van der Waals surface area contributed by atoms with E-state index < -0.39 is 0 Å². The molecule has 2 rings (SSSR count). The summed E-state index contributed by atoms with van der Waals surface area (Å²) in [5, 5.41) is 3.70. The summed E-state index contributed by atoms with van der Waals surface area (Å²) < 4.78 is 5.90. The lowest BCUT2D eigenvalue weighted by molar-refractivity contribution is -0.204.